The van der Waals surface area contributed by atoms with E-state index < -0.39 is 48.6 Å². The third-order valence-corrected chi connectivity index (χ3v) is 5.43. The van der Waals surface area contributed by atoms with Crippen LogP contribution in [-0.2, 0) is 35.0 Å². The topological polar surface area (TPSA) is 150 Å². The minimum absolute atomic E-state index is 0.0159. The van der Waals surface area contributed by atoms with Gasteiger partial charge in [-0.25, -0.2) is 9.59 Å². The Kier molecular flexibility index (Phi) is 12.9. The summed E-state index contributed by atoms with van der Waals surface area (Å²) in [6, 6.07) is 3.29. The summed E-state index contributed by atoms with van der Waals surface area (Å²) >= 11 is 0. The Morgan fingerprint density at radius 1 is 0.784 bits per heavy atom. The number of hydrogen-bond donors (Lipinski definition) is 1. The SMILES string of the molecule is CC(=O)OCC(C)OC(=O)[C@@H](N)Cc1ccc(OC(=O)O[C@H](C)C(C)C)c(OC(=O)OC(C)C(C)C)c1. The number of nitrogens with two attached hydrogens (primary N) is 1. The molecule has 0 saturated carbocycles. The lowest BCUT2D eigenvalue weighted by atomic mass is 10.1. The molecule has 208 valence electrons. The maximum atomic E-state index is 12.4. The molecule has 0 aliphatic carbocycles. The lowest BCUT2D eigenvalue weighted by Crippen LogP contribution is -2.37. The van der Waals surface area contributed by atoms with Crippen LogP contribution in [0.2, 0.25) is 0 Å². The van der Waals surface area contributed by atoms with Gasteiger partial charge in [-0.05, 0) is 56.7 Å². The highest BCUT2D eigenvalue weighted by atomic mass is 16.8. The Balaban J connectivity index is 3.02. The zero-order valence-electron chi connectivity index (χ0n) is 22.8. The summed E-state index contributed by atoms with van der Waals surface area (Å²) in [7, 11) is 0. The fourth-order valence-electron chi connectivity index (χ4n) is 2.54. The maximum absolute atomic E-state index is 12.4. The number of carbonyl (C=O) groups excluding carboxylic acids is 4. The van der Waals surface area contributed by atoms with E-state index >= 15 is 0 Å². The van der Waals surface area contributed by atoms with Crippen LogP contribution >= 0.6 is 0 Å². The van der Waals surface area contributed by atoms with Crippen LogP contribution < -0.4 is 15.2 Å². The molecule has 11 nitrogen and oxygen atoms in total. The van der Waals surface area contributed by atoms with Crippen molar-refractivity contribution >= 4 is 24.2 Å². The predicted molar refractivity (Wildman–Crippen MR) is 133 cm³/mol. The van der Waals surface area contributed by atoms with Crippen molar-refractivity contribution in [1.82, 2.24) is 0 Å². The normalized spacial score (nSPS) is 14.2. The van der Waals surface area contributed by atoms with E-state index in [1.54, 1.807) is 26.8 Å². The van der Waals surface area contributed by atoms with Crippen LogP contribution in [0.4, 0.5) is 9.59 Å². The van der Waals surface area contributed by atoms with E-state index in [2.05, 4.69) is 0 Å². The van der Waals surface area contributed by atoms with Crippen molar-refractivity contribution in [2.24, 2.45) is 17.6 Å². The van der Waals surface area contributed by atoms with E-state index in [4.69, 9.17) is 34.2 Å². The largest absolute Gasteiger partial charge is 0.514 e. The van der Waals surface area contributed by atoms with E-state index in [9.17, 15) is 19.2 Å². The molecule has 2 N–H and O–H groups in total. The third-order valence-electron chi connectivity index (χ3n) is 5.43. The number of carbonyl (C=O) groups is 4. The van der Waals surface area contributed by atoms with Crippen molar-refractivity contribution in [2.75, 3.05) is 6.61 Å². The molecule has 4 atom stereocenters. The van der Waals surface area contributed by atoms with Crippen LogP contribution in [0, 0.1) is 11.8 Å². The first-order valence-electron chi connectivity index (χ1n) is 12.2. The van der Waals surface area contributed by atoms with Crippen LogP contribution in [0.3, 0.4) is 0 Å². The van der Waals surface area contributed by atoms with Crippen LogP contribution in [-0.4, -0.2) is 55.2 Å². The summed E-state index contributed by atoms with van der Waals surface area (Å²) in [4.78, 5) is 47.9. The second kappa shape index (κ2) is 15.0. The lowest BCUT2D eigenvalue weighted by Gasteiger charge is -2.19. The van der Waals surface area contributed by atoms with Crippen molar-refractivity contribution < 1.29 is 47.6 Å². The van der Waals surface area contributed by atoms with E-state index in [0.717, 1.165) is 0 Å². The molecule has 37 heavy (non-hydrogen) atoms. The fourth-order valence-corrected chi connectivity index (χ4v) is 2.54. The van der Waals surface area contributed by atoms with Crippen molar-refractivity contribution in [3.05, 3.63) is 23.8 Å². The van der Waals surface area contributed by atoms with E-state index in [1.165, 1.54) is 19.1 Å². The van der Waals surface area contributed by atoms with Crippen molar-refractivity contribution in [2.45, 2.75) is 86.2 Å². The zero-order chi connectivity index (χ0) is 28.3. The van der Waals surface area contributed by atoms with Gasteiger partial charge in [-0.2, -0.15) is 0 Å². The maximum Gasteiger partial charge on any atom is 0.514 e. The average Bonchev–Trinajstić information content (AvgIpc) is 2.78. The first-order chi connectivity index (χ1) is 17.2. The molecule has 0 aliphatic rings. The second-order valence-corrected chi connectivity index (χ2v) is 9.48. The summed E-state index contributed by atoms with van der Waals surface area (Å²) in [6.45, 7) is 13.7. The van der Waals surface area contributed by atoms with Gasteiger partial charge in [0.2, 0.25) is 0 Å². The number of ether oxygens (including phenoxy) is 6. The first kappa shape index (κ1) is 31.7. The molecule has 0 aliphatic heterocycles. The monoisotopic (exact) mass is 525 g/mol. The van der Waals surface area contributed by atoms with Crippen LogP contribution in [0.5, 0.6) is 11.5 Å². The van der Waals surface area contributed by atoms with Gasteiger partial charge in [0.1, 0.15) is 31.0 Å². The molecule has 0 fully saturated rings. The van der Waals surface area contributed by atoms with Gasteiger partial charge in [-0.15, -0.1) is 0 Å². The molecule has 11 heteroatoms. The van der Waals surface area contributed by atoms with Gasteiger partial charge >= 0.3 is 24.2 Å². The summed E-state index contributed by atoms with van der Waals surface area (Å²) in [6.07, 6.45) is -3.45. The molecule has 1 aromatic rings. The number of benzene rings is 1. The van der Waals surface area contributed by atoms with Crippen LogP contribution in [0.1, 0.15) is 61.0 Å². The molecule has 0 saturated heterocycles. The van der Waals surface area contributed by atoms with Gasteiger partial charge in [0.15, 0.2) is 11.5 Å². The Morgan fingerprint density at radius 3 is 1.78 bits per heavy atom. The molecule has 0 heterocycles. The average molecular weight is 526 g/mol. The Hall–Kier alpha value is -3.34. The summed E-state index contributed by atoms with van der Waals surface area (Å²) < 4.78 is 31.1. The summed E-state index contributed by atoms with van der Waals surface area (Å²) in [5, 5.41) is 0. The Morgan fingerprint density at radius 2 is 1.30 bits per heavy atom. The van der Waals surface area contributed by atoms with Gasteiger partial charge in [-0.1, -0.05) is 33.8 Å². The molecule has 0 amide bonds. The third kappa shape index (κ3) is 12.0. The molecule has 1 rings (SSSR count). The minimum Gasteiger partial charge on any atom is -0.462 e. The lowest BCUT2D eigenvalue weighted by molar-refractivity contribution is -0.157. The molecule has 0 radical (unpaired) electrons. The van der Waals surface area contributed by atoms with Gasteiger partial charge < -0.3 is 34.2 Å². The molecule has 0 spiro atoms. The highest BCUT2D eigenvalue weighted by Gasteiger charge is 2.23. The molecule has 0 aromatic heterocycles. The Labute approximate surface area is 217 Å². The number of rotatable bonds is 12. The molecular formula is C26H39NO10. The Bertz CT molecular complexity index is 930. The second-order valence-electron chi connectivity index (χ2n) is 9.48. The quantitative estimate of drug-likeness (QED) is 0.238. The summed E-state index contributed by atoms with van der Waals surface area (Å²) in [5.74, 6) is -1.28. The fraction of sp³-hybridized carbons (Fsp3) is 0.615. The highest BCUT2D eigenvalue weighted by Crippen LogP contribution is 2.30. The minimum atomic E-state index is -1.07. The molecule has 2 unspecified atom stereocenters. The van der Waals surface area contributed by atoms with Crippen LogP contribution in [0.25, 0.3) is 0 Å². The van der Waals surface area contributed by atoms with Gasteiger partial charge in [0, 0.05) is 6.92 Å². The van der Waals surface area contributed by atoms with Gasteiger partial charge in [-0.3, -0.25) is 9.59 Å². The van der Waals surface area contributed by atoms with Gasteiger partial charge in [0.05, 0.1) is 0 Å². The van der Waals surface area contributed by atoms with Gasteiger partial charge in [0.25, 0.3) is 0 Å². The standard InChI is InChI=1S/C26H39NO10/c1-14(2)17(6)34-25(30)36-22-10-9-20(12-23(22)37-26(31)35-18(7)15(3)4)11-21(27)24(29)33-16(5)13-32-19(8)28/h9-10,12,14-18,21H,11,13,27H2,1-8H3/t16?,17-,18?,21+/m1/s1. The van der Waals surface area contributed by atoms with E-state index in [0.29, 0.717) is 5.56 Å². The van der Waals surface area contributed by atoms with E-state index in [-0.39, 0.29) is 36.4 Å². The smallest absolute Gasteiger partial charge is 0.462 e. The van der Waals surface area contributed by atoms with E-state index in [1.807, 2.05) is 27.7 Å². The summed E-state index contributed by atoms with van der Waals surface area (Å²) in [5.41, 5.74) is 6.48. The van der Waals surface area contributed by atoms with Crippen LogP contribution in [0.15, 0.2) is 18.2 Å². The van der Waals surface area contributed by atoms with Crippen molar-refractivity contribution in [1.29, 1.82) is 0 Å². The van der Waals surface area contributed by atoms with Crippen molar-refractivity contribution in [3.8, 4) is 11.5 Å². The first-order valence-corrected chi connectivity index (χ1v) is 12.2. The molecular weight excluding hydrogens is 486 g/mol. The number of esters is 2. The van der Waals surface area contributed by atoms with Crippen molar-refractivity contribution in [3.63, 3.8) is 0 Å². The highest BCUT2D eigenvalue weighted by molar-refractivity contribution is 5.76. The number of hydrogen-bond acceptors (Lipinski definition) is 11. The molecule has 1 aromatic carbocycles. The molecule has 0 bridgehead atoms. The predicted octanol–water partition coefficient (Wildman–Crippen LogP) is 4.17. The zero-order valence-corrected chi connectivity index (χ0v) is 22.8.